The molecule has 0 radical (unpaired) electrons. The molecule has 1 aromatic rings. The summed E-state index contributed by atoms with van der Waals surface area (Å²) in [7, 11) is -3.85. The molecule has 2 aliphatic rings. The molecule has 34 heavy (non-hydrogen) atoms. The highest BCUT2D eigenvalue weighted by Crippen LogP contribution is 2.33. The van der Waals surface area contributed by atoms with Crippen molar-refractivity contribution in [2.75, 3.05) is 31.6 Å². The first-order chi connectivity index (χ1) is 16.2. The van der Waals surface area contributed by atoms with Crippen molar-refractivity contribution in [2.24, 2.45) is 0 Å². The number of carbonyl (C=O) groups is 3. The molecule has 188 valence electrons. The van der Waals surface area contributed by atoms with Gasteiger partial charge in [-0.1, -0.05) is 39.5 Å². The molecule has 1 aliphatic heterocycles. The average molecular weight is 495 g/mol. The van der Waals surface area contributed by atoms with Crippen molar-refractivity contribution in [2.45, 2.75) is 69.7 Å². The first kappa shape index (κ1) is 26.0. The van der Waals surface area contributed by atoms with Crippen LogP contribution in [-0.4, -0.2) is 67.2 Å². The lowest BCUT2D eigenvalue weighted by molar-refractivity contribution is -0.134. The number of benzene rings is 1. The molecule has 1 aromatic carbocycles. The van der Waals surface area contributed by atoms with E-state index >= 15 is 0 Å². The monoisotopic (exact) mass is 494 g/mol. The fraction of sp³-hybridized carbons (Fsp3) is 0.609. The molecule has 1 spiro atoms. The van der Waals surface area contributed by atoms with Gasteiger partial charge in [-0.15, -0.1) is 0 Å². The van der Waals surface area contributed by atoms with Crippen LogP contribution < -0.4 is 15.4 Å². The highest BCUT2D eigenvalue weighted by molar-refractivity contribution is 7.89. The Morgan fingerprint density at radius 2 is 1.76 bits per heavy atom. The largest absolute Gasteiger partial charge is 0.492 e. The maximum Gasteiger partial charge on any atom is 0.325 e. The van der Waals surface area contributed by atoms with Crippen molar-refractivity contribution in [3.8, 4) is 5.75 Å². The molecule has 1 saturated carbocycles. The van der Waals surface area contributed by atoms with Crippen LogP contribution >= 0.6 is 0 Å². The quantitative estimate of drug-likeness (QED) is 0.509. The lowest BCUT2D eigenvalue weighted by Gasteiger charge is -2.24. The van der Waals surface area contributed by atoms with Crippen LogP contribution in [0.2, 0.25) is 0 Å². The Labute approximate surface area is 201 Å². The van der Waals surface area contributed by atoms with Gasteiger partial charge in [-0.05, 0) is 38.0 Å². The Morgan fingerprint density at radius 3 is 2.35 bits per heavy atom. The molecule has 1 heterocycles. The Balaban J connectivity index is 1.78. The van der Waals surface area contributed by atoms with Gasteiger partial charge in [0, 0.05) is 18.8 Å². The lowest BCUT2D eigenvalue weighted by atomic mass is 9.90. The van der Waals surface area contributed by atoms with Crippen LogP contribution in [-0.2, 0) is 19.6 Å². The van der Waals surface area contributed by atoms with E-state index in [1.165, 1.54) is 22.5 Å². The Hall–Kier alpha value is -2.66. The second-order valence-corrected chi connectivity index (χ2v) is 10.5. The number of anilines is 1. The predicted octanol–water partition coefficient (Wildman–Crippen LogP) is 2.70. The predicted molar refractivity (Wildman–Crippen MR) is 127 cm³/mol. The summed E-state index contributed by atoms with van der Waals surface area (Å²) in [6, 6.07) is 3.79. The molecule has 3 rings (SSSR count). The number of amides is 4. The van der Waals surface area contributed by atoms with E-state index in [2.05, 4.69) is 10.6 Å². The highest BCUT2D eigenvalue weighted by atomic mass is 32.2. The normalized spacial score (nSPS) is 18.2. The second kappa shape index (κ2) is 10.7. The molecule has 2 N–H and O–H groups in total. The first-order valence-corrected chi connectivity index (χ1v) is 13.3. The number of nitrogens with zero attached hydrogens (tertiary/aromatic N) is 2. The third-order valence-corrected chi connectivity index (χ3v) is 8.43. The van der Waals surface area contributed by atoms with Crippen molar-refractivity contribution in [3.05, 3.63) is 18.2 Å². The van der Waals surface area contributed by atoms with Crippen LogP contribution in [0.15, 0.2) is 23.1 Å². The molecule has 0 bridgehead atoms. The molecule has 1 saturated heterocycles. The summed E-state index contributed by atoms with van der Waals surface area (Å²) in [5, 5.41) is 5.43. The summed E-state index contributed by atoms with van der Waals surface area (Å²) >= 11 is 0. The number of urea groups is 1. The van der Waals surface area contributed by atoms with E-state index in [-0.39, 0.29) is 41.9 Å². The number of hydrogen-bond acceptors (Lipinski definition) is 6. The fourth-order valence-corrected chi connectivity index (χ4v) is 6.21. The van der Waals surface area contributed by atoms with Crippen LogP contribution in [0, 0.1) is 0 Å². The van der Waals surface area contributed by atoms with E-state index in [4.69, 9.17) is 4.74 Å². The number of nitrogens with one attached hydrogen (secondary N) is 2. The van der Waals surface area contributed by atoms with E-state index in [0.717, 1.165) is 30.6 Å². The van der Waals surface area contributed by atoms with Gasteiger partial charge in [-0.3, -0.25) is 14.5 Å². The third kappa shape index (κ3) is 5.20. The smallest absolute Gasteiger partial charge is 0.325 e. The first-order valence-electron chi connectivity index (χ1n) is 11.9. The van der Waals surface area contributed by atoms with Crippen LogP contribution in [0.25, 0.3) is 0 Å². The molecule has 0 atom stereocenters. The average Bonchev–Trinajstić information content (AvgIpc) is 2.94. The number of ether oxygens (including phenoxy) is 1. The van der Waals surface area contributed by atoms with Gasteiger partial charge in [-0.25, -0.2) is 13.2 Å². The molecule has 0 aromatic heterocycles. The maximum absolute atomic E-state index is 13.1. The van der Waals surface area contributed by atoms with E-state index in [1.54, 1.807) is 20.8 Å². The van der Waals surface area contributed by atoms with Gasteiger partial charge in [0.15, 0.2) is 0 Å². The Kier molecular flexibility index (Phi) is 8.19. The minimum absolute atomic E-state index is 0.0525. The number of imide groups is 1. The molecule has 2 fully saturated rings. The molecule has 0 unspecified atom stereocenters. The van der Waals surface area contributed by atoms with E-state index in [0.29, 0.717) is 12.8 Å². The van der Waals surface area contributed by atoms with Crippen molar-refractivity contribution in [1.82, 2.24) is 14.5 Å². The summed E-state index contributed by atoms with van der Waals surface area (Å²) in [6.45, 7) is 5.64. The minimum Gasteiger partial charge on any atom is -0.492 e. The van der Waals surface area contributed by atoms with Crippen LogP contribution in [0.5, 0.6) is 5.75 Å². The standard InChI is InChI=1S/C23H34N4O6S/c1-4-26(5-2)34(31,32)19-15-17(11-12-18(19)33-6-3)24-20(28)16-27-21(29)23(25-22(27)30)13-9-7-8-10-14-23/h11-12,15H,4-10,13-14,16H2,1-3H3,(H,24,28)(H,25,30). The molecule has 10 nitrogen and oxygen atoms in total. The maximum atomic E-state index is 13.1. The van der Waals surface area contributed by atoms with Crippen LogP contribution in [0.1, 0.15) is 59.3 Å². The highest BCUT2D eigenvalue weighted by Gasteiger charge is 2.51. The third-order valence-electron chi connectivity index (χ3n) is 6.36. The van der Waals surface area contributed by atoms with Gasteiger partial charge >= 0.3 is 6.03 Å². The number of hydrogen-bond donors (Lipinski definition) is 2. The van der Waals surface area contributed by atoms with Gasteiger partial charge in [0.05, 0.1) is 6.61 Å². The summed E-state index contributed by atoms with van der Waals surface area (Å²) in [5.41, 5.74) is -0.687. The number of sulfonamides is 1. The van der Waals surface area contributed by atoms with E-state index < -0.39 is 34.0 Å². The SMILES string of the molecule is CCOc1ccc(NC(=O)CN2C(=O)NC3(CCCCCC3)C2=O)cc1S(=O)(=O)N(CC)CC. The summed E-state index contributed by atoms with van der Waals surface area (Å²) in [6.07, 6.45) is 4.87. The van der Waals surface area contributed by atoms with E-state index in [1.807, 2.05) is 0 Å². The zero-order valence-electron chi connectivity index (χ0n) is 20.1. The minimum atomic E-state index is -3.85. The fourth-order valence-electron chi connectivity index (χ4n) is 4.60. The van der Waals surface area contributed by atoms with E-state index in [9.17, 15) is 22.8 Å². The zero-order valence-corrected chi connectivity index (χ0v) is 20.9. The summed E-state index contributed by atoms with van der Waals surface area (Å²) in [5.74, 6) is -0.771. The molecule has 11 heteroatoms. The molecule has 1 aliphatic carbocycles. The van der Waals surface area contributed by atoms with Gasteiger partial charge in [0.25, 0.3) is 5.91 Å². The van der Waals surface area contributed by atoms with Crippen molar-refractivity contribution < 1.29 is 27.5 Å². The van der Waals surface area contributed by atoms with Gasteiger partial charge < -0.3 is 15.4 Å². The van der Waals surface area contributed by atoms with Gasteiger partial charge in [0.1, 0.15) is 22.7 Å². The van der Waals surface area contributed by atoms with Crippen molar-refractivity contribution in [1.29, 1.82) is 0 Å². The zero-order chi connectivity index (χ0) is 24.9. The Bertz CT molecular complexity index is 1030. The van der Waals surface area contributed by atoms with Crippen molar-refractivity contribution >= 4 is 33.6 Å². The van der Waals surface area contributed by atoms with Crippen molar-refractivity contribution in [3.63, 3.8) is 0 Å². The number of carbonyl (C=O) groups excluding carboxylic acids is 3. The van der Waals surface area contributed by atoms with Crippen LogP contribution in [0.4, 0.5) is 10.5 Å². The number of rotatable bonds is 9. The molecular formula is C23H34N4O6S. The molecular weight excluding hydrogens is 460 g/mol. The second-order valence-electron chi connectivity index (χ2n) is 8.55. The topological polar surface area (TPSA) is 125 Å². The Morgan fingerprint density at radius 1 is 1.12 bits per heavy atom. The van der Waals surface area contributed by atoms with Gasteiger partial charge in [0.2, 0.25) is 15.9 Å². The summed E-state index contributed by atoms with van der Waals surface area (Å²) in [4.78, 5) is 39.2. The van der Waals surface area contributed by atoms with Crippen LogP contribution in [0.3, 0.4) is 0 Å². The van der Waals surface area contributed by atoms with Gasteiger partial charge in [-0.2, -0.15) is 4.31 Å². The molecule has 4 amide bonds. The lowest BCUT2D eigenvalue weighted by Crippen LogP contribution is -2.47. The summed E-state index contributed by atoms with van der Waals surface area (Å²) < 4.78 is 33.0.